The van der Waals surface area contributed by atoms with E-state index in [0.29, 0.717) is 18.5 Å². The standard InChI is InChI=1S/C23H28FN5O/c1-3-8-19(9-4-2)29-16-21(26-27-29)22-12-7-13-28(22)23(30)15-18(25)14-17-10-5-6-11-20(17)24/h3-6,8-11,16,18,22H,1,7,12-15,25H2,2H3/t18-,22+/m1/s1. The minimum Gasteiger partial charge on any atom is -0.334 e. The second-order valence-electron chi connectivity index (χ2n) is 7.42. The third kappa shape index (κ3) is 5.10. The Morgan fingerprint density at radius 3 is 2.97 bits per heavy atom. The summed E-state index contributed by atoms with van der Waals surface area (Å²) in [6.07, 6.45) is 11.4. The summed E-state index contributed by atoms with van der Waals surface area (Å²) in [6.45, 7) is 6.32. The van der Waals surface area contributed by atoms with Crippen molar-refractivity contribution in [3.63, 3.8) is 0 Å². The summed E-state index contributed by atoms with van der Waals surface area (Å²) >= 11 is 0. The molecular weight excluding hydrogens is 381 g/mol. The van der Waals surface area contributed by atoms with Gasteiger partial charge in [0.2, 0.25) is 5.91 Å². The highest BCUT2D eigenvalue weighted by Gasteiger charge is 2.32. The number of aromatic nitrogens is 3. The Morgan fingerprint density at radius 2 is 2.23 bits per heavy atom. The minimum absolute atomic E-state index is 0.0359. The number of rotatable bonds is 8. The number of nitrogens with two attached hydrogens (primary N) is 1. The summed E-state index contributed by atoms with van der Waals surface area (Å²) in [5, 5.41) is 8.52. The largest absolute Gasteiger partial charge is 0.334 e. The van der Waals surface area contributed by atoms with Gasteiger partial charge >= 0.3 is 0 Å². The van der Waals surface area contributed by atoms with Crippen molar-refractivity contribution in [3.8, 4) is 0 Å². The number of carbonyl (C=O) groups is 1. The minimum atomic E-state index is -0.442. The van der Waals surface area contributed by atoms with E-state index in [1.165, 1.54) is 6.07 Å². The topological polar surface area (TPSA) is 77.0 Å². The number of likely N-dealkylation sites (tertiary alicyclic amines) is 1. The van der Waals surface area contributed by atoms with Gasteiger partial charge in [0.25, 0.3) is 0 Å². The second kappa shape index (κ2) is 10.1. The number of amides is 1. The van der Waals surface area contributed by atoms with Gasteiger partial charge in [-0.15, -0.1) is 5.10 Å². The van der Waals surface area contributed by atoms with E-state index in [0.717, 1.165) is 24.2 Å². The van der Waals surface area contributed by atoms with E-state index >= 15 is 0 Å². The van der Waals surface area contributed by atoms with Crippen LogP contribution in [0.25, 0.3) is 5.70 Å². The van der Waals surface area contributed by atoms with E-state index in [1.54, 1.807) is 29.0 Å². The molecule has 0 bridgehead atoms. The van der Waals surface area contributed by atoms with Crippen LogP contribution >= 0.6 is 0 Å². The first kappa shape index (κ1) is 21.6. The summed E-state index contributed by atoms with van der Waals surface area (Å²) in [6, 6.07) is 5.96. The molecule has 0 spiro atoms. The molecule has 1 saturated heterocycles. The van der Waals surface area contributed by atoms with Crippen molar-refractivity contribution in [2.75, 3.05) is 6.54 Å². The highest BCUT2D eigenvalue weighted by atomic mass is 19.1. The van der Waals surface area contributed by atoms with Crippen LogP contribution in [0.2, 0.25) is 0 Å². The number of hydrogen-bond donors (Lipinski definition) is 1. The van der Waals surface area contributed by atoms with Crippen molar-refractivity contribution in [1.82, 2.24) is 19.9 Å². The molecule has 0 saturated carbocycles. The number of allylic oxidation sites excluding steroid dienone is 5. The lowest BCUT2D eigenvalue weighted by Crippen LogP contribution is -2.36. The molecule has 158 valence electrons. The van der Waals surface area contributed by atoms with Gasteiger partial charge in [0.05, 0.1) is 17.9 Å². The fourth-order valence-corrected chi connectivity index (χ4v) is 3.79. The summed E-state index contributed by atoms with van der Waals surface area (Å²) in [7, 11) is 0. The molecule has 6 nitrogen and oxygen atoms in total. The molecule has 7 heteroatoms. The number of hydrogen-bond acceptors (Lipinski definition) is 4. The Hall–Kier alpha value is -3.06. The van der Waals surface area contributed by atoms with Crippen LogP contribution in [-0.4, -0.2) is 38.4 Å². The van der Waals surface area contributed by atoms with Gasteiger partial charge in [-0.05, 0) is 50.0 Å². The summed E-state index contributed by atoms with van der Waals surface area (Å²) in [5.74, 6) is -0.327. The summed E-state index contributed by atoms with van der Waals surface area (Å²) in [5.41, 5.74) is 8.29. The third-order valence-corrected chi connectivity index (χ3v) is 5.19. The highest BCUT2D eigenvalue weighted by molar-refractivity contribution is 5.77. The molecule has 3 rings (SSSR count). The van der Waals surface area contributed by atoms with E-state index in [-0.39, 0.29) is 24.2 Å². The van der Waals surface area contributed by atoms with Crippen molar-refractivity contribution in [3.05, 3.63) is 78.4 Å². The van der Waals surface area contributed by atoms with E-state index in [1.807, 2.05) is 36.2 Å². The van der Waals surface area contributed by atoms with Gasteiger partial charge in [-0.2, -0.15) is 0 Å². The molecular formula is C23H28FN5O. The van der Waals surface area contributed by atoms with E-state index < -0.39 is 6.04 Å². The Morgan fingerprint density at radius 1 is 1.43 bits per heavy atom. The average Bonchev–Trinajstić information content (AvgIpc) is 3.39. The van der Waals surface area contributed by atoms with Gasteiger partial charge in [-0.25, -0.2) is 9.07 Å². The Balaban J connectivity index is 1.68. The van der Waals surface area contributed by atoms with Crippen LogP contribution in [0.5, 0.6) is 0 Å². The molecule has 2 aromatic rings. The zero-order valence-corrected chi connectivity index (χ0v) is 17.2. The molecule has 1 fully saturated rings. The first-order chi connectivity index (χ1) is 14.5. The van der Waals surface area contributed by atoms with Crippen LogP contribution in [0.4, 0.5) is 4.39 Å². The predicted octanol–water partition coefficient (Wildman–Crippen LogP) is 3.64. The first-order valence-corrected chi connectivity index (χ1v) is 10.2. The maximum Gasteiger partial charge on any atom is 0.224 e. The van der Waals surface area contributed by atoms with E-state index in [2.05, 4.69) is 16.9 Å². The molecule has 1 aliphatic rings. The van der Waals surface area contributed by atoms with Gasteiger partial charge in [0, 0.05) is 19.0 Å². The fourth-order valence-electron chi connectivity index (χ4n) is 3.79. The fraction of sp³-hybridized carbons (Fsp3) is 0.348. The van der Waals surface area contributed by atoms with Crippen molar-refractivity contribution in [2.45, 2.75) is 44.7 Å². The highest BCUT2D eigenvalue weighted by Crippen LogP contribution is 2.31. The molecule has 2 atom stereocenters. The Kier molecular flexibility index (Phi) is 7.30. The zero-order valence-electron chi connectivity index (χ0n) is 17.2. The zero-order chi connectivity index (χ0) is 21.5. The Bertz CT molecular complexity index is 949. The van der Waals surface area contributed by atoms with Crippen molar-refractivity contribution in [2.24, 2.45) is 5.73 Å². The van der Waals surface area contributed by atoms with Crippen LogP contribution in [0.15, 0.2) is 61.3 Å². The van der Waals surface area contributed by atoms with Crippen molar-refractivity contribution >= 4 is 11.6 Å². The van der Waals surface area contributed by atoms with Crippen LogP contribution < -0.4 is 5.73 Å². The molecule has 1 amide bonds. The molecule has 0 radical (unpaired) electrons. The number of carbonyl (C=O) groups excluding carboxylic acids is 1. The number of nitrogens with zero attached hydrogens (tertiary/aromatic N) is 4. The van der Waals surface area contributed by atoms with Crippen LogP contribution in [-0.2, 0) is 11.2 Å². The maximum atomic E-state index is 13.9. The molecule has 0 aliphatic carbocycles. The number of halogens is 1. The van der Waals surface area contributed by atoms with E-state index in [4.69, 9.17) is 5.73 Å². The van der Waals surface area contributed by atoms with Gasteiger partial charge < -0.3 is 10.6 Å². The van der Waals surface area contributed by atoms with Crippen molar-refractivity contribution < 1.29 is 9.18 Å². The molecule has 0 unspecified atom stereocenters. The van der Waals surface area contributed by atoms with Gasteiger partial charge in [-0.1, -0.05) is 42.1 Å². The summed E-state index contributed by atoms with van der Waals surface area (Å²) in [4.78, 5) is 14.7. The van der Waals surface area contributed by atoms with Gasteiger partial charge in [-0.3, -0.25) is 4.79 Å². The quantitative estimate of drug-likeness (QED) is 0.675. The molecule has 2 N–H and O–H groups in total. The Labute approximate surface area is 176 Å². The van der Waals surface area contributed by atoms with E-state index in [9.17, 15) is 9.18 Å². The third-order valence-electron chi connectivity index (χ3n) is 5.19. The smallest absolute Gasteiger partial charge is 0.224 e. The van der Waals surface area contributed by atoms with Gasteiger partial charge in [0.15, 0.2) is 0 Å². The number of benzene rings is 1. The molecule has 1 aromatic carbocycles. The molecule has 2 heterocycles. The normalized spacial score (nSPS) is 18.2. The monoisotopic (exact) mass is 409 g/mol. The lowest BCUT2D eigenvalue weighted by atomic mass is 10.0. The summed E-state index contributed by atoms with van der Waals surface area (Å²) < 4.78 is 15.5. The molecule has 1 aliphatic heterocycles. The SMILES string of the molecule is C=CC=C(C=CC)n1cc([C@@H]2CCCN2C(=O)C[C@H](N)Cc2ccccc2F)nn1. The van der Waals surface area contributed by atoms with Gasteiger partial charge in [0.1, 0.15) is 11.5 Å². The molecule has 1 aromatic heterocycles. The maximum absolute atomic E-state index is 13.9. The lowest BCUT2D eigenvalue weighted by molar-refractivity contribution is -0.132. The predicted molar refractivity (Wildman–Crippen MR) is 116 cm³/mol. The first-order valence-electron chi connectivity index (χ1n) is 10.2. The molecule has 30 heavy (non-hydrogen) atoms. The van der Waals surface area contributed by atoms with Crippen LogP contribution in [0.1, 0.15) is 43.5 Å². The second-order valence-corrected chi connectivity index (χ2v) is 7.42. The van der Waals surface area contributed by atoms with Crippen molar-refractivity contribution in [1.29, 1.82) is 0 Å². The lowest BCUT2D eigenvalue weighted by Gasteiger charge is -2.24. The van der Waals surface area contributed by atoms with Crippen LogP contribution in [0.3, 0.4) is 0 Å². The van der Waals surface area contributed by atoms with Crippen LogP contribution in [0, 0.1) is 5.82 Å². The average molecular weight is 410 g/mol.